The van der Waals surface area contributed by atoms with E-state index in [0.29, 0.717) is 5.17 Å². The zero-order valence-corrected chi connectivity index (χ0v) is 8.25. The van der Waals surface area contributed by atoms with Crippen molar-refractivity contribution in [3.05, 3.63) is 35.4 Å². The van der Waals surface area contributed by atoms with E-state index in [-0.39, 0.29) is 0 Å². The van der Waals surface area contributed by atoms with E-state index in [0.717, 1.165) is 18.7 Å². The lowest BCUT2D eigenvalue weighted by Crippen LogP contribution is -2.23. The lowest BCUT2D eigenvalue weighted by atomic mass is 10.1. The van der Waals surface area contributed by atoms with Gasteiger partial charge in [-0.05, 0) is 12.5 Å². The van der Waals surface area contributed by atoms with Gasteiger partial charge in [0.05, 0.1) is 6.54 Å². The van der Waals surface area contributed by atoms with Gasteiger partial charge in [0.2, 0.25) is 0 Å². The number of halogens is 1. The monoisotopic (exact) mass is 194 g/mol. The van der Waals surface area contributed by atoms with Crippen molar-refractivity contribution in [3.8, 4) is 0 Å². The molecule has 13 heavy (non-hydrogen) atoms. The van der Waals surface area contributed by atoms with Crippen LogP contribution in [-0.2, 0) is 6.54 Å². The van der Waals surface area contributed by atoms with Gasteiger partial charge >= 0.3 is 0 Å². The maximum atomic E-state index is 6.03. The van der Waals surface area contributed by atoms with Crippen LogP contribution in [0.5, 0.6) is 0 Å². The first kappa shape index (κ1) is 8.57. The van der Waals surface area contributed by atoms with E-state index in [9.17, 15) is 0 Å². The Morgan fingerprint density at radius 3 is 3.00 bits per heavy atom. The summed E-state index contributed by atoms with van der Waals surface area (Å²) in [6.45, 7) is 3.83. The molecule has 1 aliphatic heterocycles. The largest absolute Gasteiger partial charge is 0.291 e. The van der Waals surface area contributed by atoms with Crippen LogP contribution in [0.2, 0.25) is 0 Å². The van der Waals surface area contributed by atoms with Gasteiger partial charge in [0.15, 0.2) is 5.17 Å². The number of rotatable bonds is 1. The molecule has 0 spiro atoms. The van der Waals surface area contributed by atoms with Crippen LogP contribution in [-0.4, -0.2) is 16.7 Å². The average molecular weight is 195 g/mol. The number of fused-ring (bicyclic) bond motifs is 1. The summed E-state index contributed by atoms with van der Waals surface area (Å²) in [6.07, 6.45) is 0. The standard InChI is InChI=1S/C10H11ClN2/c1-2-13-7-8-5-3-4-6-9(8)10(11)12-13/h3-6H,2,7H2,1H3. The predicted molar refractivity (Wildman–Crippen MR) is 54.9 cm³/mol. The Hall–Kier alpha value is -1.02. The summed E-state index contributed by atoms with van der Waals surface area (Å²) in [4.78, 5) is 0. The quantitative estimate of drug-likeness (QED) is 0.671. The Labute approximate surface area is 82.8 Å². The van der Waals surface area contributed by atoms with Gasteiger partial charge in [0.1, 0.15) is 0 Å². The van der Waals surface area contributed by atoms with Crippen molar-refractivity contribution < 1.29 is 0 Å². The minimum atomic E-state index is 0.601. The topological polar surface area (TPSA) is 15.6 Å². The summed E-state index contributed by atoms with van der Waals surface area (Å²) in [5, 5.41) is 6.82. The van der Waals surface area contributed by atoms with E-state index in [1.165, 1.54) is 5.56 Å². The molecule has 1 aliphatic rings. The van der Waals surface area contributed by atoms with Crippen molar-refractivity contribution in [2.24, 2.45) is 5.10 Å². The van der Waals surface area contributed by atoms with E-state index < -0.39 is 0 Å². The first-order valence-electron chi connectivity index (χ1n) is 4.38. The molecule has 0 amide bonds. The molecule has 1 heterocycles. The van der Waals surface area contributed by atoms with E-state index in [4.69, 9.17) is 11.6 Å². The van der Waals surface area contributed by atoms with Crippen LogP contribution in [0.15, 0.2) is 29.4 Å². The SMILES string of the molecule is CCN1Cc2ccccc2C(Cl)=N1. The van der Waals surface area contributed by atoms with E-state index in [1.807, 2.05) is 23.2 Å². The fourth-order valence-electron chi connectivity index (χ4n) is 1.45. The zero-order valence-electron chi connectivity index (χ0n) is 7.50. The minimum Gasteiger partial charge on any atom is -0.291 e. The Kier molecular flexibility index (Phi) is 2.23. The molecule has 0 radical (unpaired) electrons. The second-order valence-electron chi connectivity index (χ2n) is 3.03. The van der Waals surface area contributed by atoms with Gasteiger partial charge in [0, 0.05) is 12.1 Å². The molecule has 0 saturated carbocycles. The highest BCUT2D eigenvalue weighted by Crippen LogP contribution is 2.20. The fourth-order valence-corrected chi connectivity index (χ4v) is 1.74. The first-order chi connectivity index (χ1) is 6.31. The molecule has 2 nitrogen and oxygen atoms in total. The molecule has 0 bridgehead atoms. The van der Waals surface area contributed by atoms with Gasteiger partial charge in [-0.3, -0.25) is 5.01 Å². The second kappa shape index (κ2) is 3.38. The number of nitrogens with zero attached hydrogens (tertiary/aromatic N) is 2. The Bertz CT molecular complexity index is 347. The van der Waals surface area contributed by atoms with Crippen molar-refractivity contribution in [3.63, 3.8) is 0 Å². The second-order valence-corrected chi connectivity index (χ2v) is 3.39. The molecular weight excluding hydrogens is 184 g/mol. The summed E-state index contributed by atoms with van der Waals surface area (Å²) < 4.78 is 0. The molecule has 68 valence electrons. The number of hydrogen-bond donors (Lipinski definition) is 0. The summed E-state index contributed by atoms with van der Waals surface area (Å²) in [5.41, 5.74) is 2.32. The molecule has 3 heteroatoms. The van der Waals surface area contributed by atoms with Gasteiger partial charge in [-0.25, -0.2) is 0 Å². The maximum Gasteiger partial charge on any atom is 0.156 e. The van der Waals surface area contributed by atoms with E-state index >= 15 is 0 Å². The molecule has 0 N–H and O–H groups in total. The van der Waals surface area contributed by atoms with Crippen molar-refractivity contribution >= 4 is 16.8 Å². The van der Waals surface area contributed by atoms with Gasteiger partial charge < -0.3 is 0 Å². The molecule has 0 unspecified atom stereocenters. The van der Waals surface area contributed by atoms with Gasteiger partial charge in [-0.15, -0.1) is 0 Å². The Morgan fingerprint density at radius 2 is 2.23 bits per heavy atom. The molecule has 0 aliphatic carbocycles. The van der Waals surface area contributed by atoms with E-state index in [2.05, 4.69) is 18.1 Å². The lowest BCUT2D eigenvalue weighted by Gasteiger charge is -2.23. The third-order valence-corrected chi connectivity index (χ3v) is 2.47. The van der Waals surface area contributed by atoms with Crippen LogP contribution >= 0.6 is 11.6 Å². The average Bonchev–Trinajstić information content (AvgIpc) is 2.18. The summed E-state index contributed by atoms with van der Waals surface area (Å²) >= 11 is 6.03. The smallest absolute Gasteiger partial charge is 0.156 e. The van der Waals surface area contributed by atoms with Crippen molar-refractivity contribution in [1.82, 2.24) is 5.01 Å². The third kappa shape index (κ3) is 1.54. The minimum absolute atomic E-state index is 0.601. The zero-order chi connectivity index (χ0) is 9.26. The van der Waals surface area contributed by atoms with Crippen LogP contribution in [0.1, 0.15) is 18.1 Å². The molecular formula is C10H11ClN2. The van der Waals surface area contributed by atoms with Gasteiger partial charge in [-0.1, -0.05) is 35.9 Å². The van der Waals surface area contributed by atoms with Crippen LogP contribution in [0, 0.1) is 0 Å². The Balaban J connectivity index is 2.42. The van der Waals surface area contributed by atoms with Crippen LogP contribution in [0.4, 0.5) is 0 Å². The fraction of sp³-hybridized carbons (Fsp3) is 0.300. The van der Waals surface area contributed by atoms with Crippen molar-refractivity contribution in [1.29, 1.82) is 0 Å². The highest BCUT2D eigenvalue weighted by Gasteiger charge is 2.15. The summed E-state index contributed by atoms with van der Waals surface area (Å²) in [7, 11) is 0. The first-order valence-corrected chi connectivity index (χ1v) is 4.76. The Morgan fingerprint density at radius 1 is 1.46 bits per heavy atom. The molecule has 1 aromatic carbocycles. The normalized spacial score (nSPS) is 15.2. The number of benzene rings is 1. The molecule has 0 aromatic heterocycles. The number of hydrogen-bond acceptors (Lipinski definition) is 2. The number of hydrazone groups is 1. The van der Waals surface area contributed by atoms with Gasteiger partial charge in [-0.2, -0.15) is 5.10 Å². The summed E-state index contributed by atoms with van der Waals surface area (Å²) in [6, 6.07) is 8.11. The van der Waals surface area contributed by atoms with Crippen LogP contribution in [0.25, 0.3) is 0 Å². The predicted octanol–water partition coefficient (Wildman–Crippen LogP) is 2.42. The molecule has 0 saturated heterocycles. The summed E-state index contributed by atoms with van der Waals surface area (Å²) in [5.74, 6) is 0. The maximum absolute atomic E-state index is 6.03. The van der Waals surface area contributed by atoms with Crippen LogP contribution < -0.4 is 0 Å². The van der Waals surface area contributed by atoms with Gasteiger partial charge in [0.25, 0.3) is 0 Å². The molecule has 2 rings (SSSR count). The molecule has 1 aromatic rings. The molecule has 0 fully saturated rings. The lowest BCUT2D eigenvalue weighted by molar-refractivity contribution is 0.292. The highest BCUT2D eigenvalue weighted by molar-refractivity contribution is 6.69. The highest BCUT2D eigenvalue weighted by atomic mass is 35.5. The van der Waals surface area contributed by atoms with Crippen LogP contribution in [0.3, 0.4) is 0 Å². The van der Waals surface area contributed by atoms with Crippen molar-refractivity contribution in [2.75, 3.05) is 6.54 Å². The van der Waals surface area contributed by atoms with E-state index in [1.54, 1.807) is 0 Å². The third-order valence-electron chi connectivity index (χ3n) is 2.19. The van der Waals surface area contributed by atoms with Crippen molar-refractivity contribution in [2.45, 2.75) is 13.5 Å². The molecule has 0 atom stereocenters.